The second kappa shape index (κ2) is 8.73. The first-order valence-corrected chi connectivity index (χ1v) is 6.89. The highest BCUT2D eigenvalue weighted by molar-refractivity contribution is 5.69. The summed E-state index contributed by atoms with van der Waals surface area (Å²) in [6.07, 6.45) is 6.30. The van der Waals surface area contributed by atoms with Crippen LogP contribution < -0.4 is 0 Å². The molecule has 100 valence electrons. The Labute approximate surface area is 110 Å². The van der Waals surface area contributed by atoms with Gasteiger partial charge in [-0.1, -0.05) is 56.5 Å². The number of rotatable bonds is 8. The summed E-state index contributed by atoms with van der Waals surface area (Å²) in [5.74, 6) is 0.378. The van der Waals surface area contributed by atoms with Crippen molar-refractivity contribution in [3.8, 4) is 0 Å². The molecule has 1 unspecified atom stereocenters. The third-order valence-electron chi connectivity index (χ3n) is 3.35. The molecule has 0 amide bonds. The predicted molar refractivity (Wildman–Crippen MR) is 74.6 cm³/mol. The van der Waals surface area contributed by atoms with Crippen molar-refractivity contribution in [2.24, 2.45) is 0 Å². The van der Waals surface area contributed by atoms with E-state index >= 15 is 0 Å². The first kappa shape index (κ1) is 14.7. The minimum Gasteiger partial charge on any atom is -0.469 e. The first-order valence-electron chi connectivity index (χ1n) is 6.89. The van der Waals surface area contributed by atoms with Crippen molar-refractivity contribution < 1.29 is 9.53 Å². The summed E-state index contributed by atoms with van der Waals surface area (Å²) in [6.45, 7) is 2.21. The molecule has 1 atom stereocenters. The number of carbonyl (C=O) groups excluding carboxylic acids is 1. The average Bonchev–Trinajstić information content (AvgIpc) is 2.43. The quantitative estimate of drug-likeness (QED) is 0.506. The van der Waals surface area contributed by atoms with E-state index in [0.29, 0.717) is 12.3 Å². The largest absolute Gasteiger partial charge is 0.469 e. The van der Waals surface area contributed by atoms with Crippen LogP contribution in [0.5, 0.6) is 0 Å². The van der Waals surface area contributed by atoms with Gasteiger partial charge >= 0.3 is 5.97 Å². The van der Waals surface area contributed by atoms with Crippen molar-refractivity contribution >= 4 is 5.97 Å². The summed E-state index contributed by atoms with van der Waals surface area (Å²) in [7, 11) is 1.46. The molecule has 18 heavy (non-hydrogen) atoms. The van der Waals surface area contributed by atoms with Gasteiger partial charge in [0.25, 0.3) is 0 Å². The fourth-order valence-corrected chi connectivity index (χ4v) is 2.24. The van der Waals surface area contributed by atoms with Gasteiger partial charge in [0.15, 0.2) is 0 Å². The van der Waals surface area contributed by atoms with Gasteiger partial charge in [0.1, 0.15) is 0 Å². The molecule has 0 N–H and O–H groups in total. The number of esters is 1. The van der Waals surface area contributed by atoms with Crippen LogP contribution in [0.1, 0.15) is 56.9 Å². The Hall–Kier alpha value is -1.31. The van der Waals surface area contributed by atoms with Crippen molar-refractivity contribution in [1.82, 2.24) is 0 Å². The van der Waals surface area contributed by atoms with Crippen LogP contribution in [0.2, 0.25) is 0 Å². The molecule has 0 heterocycles. The standard InChI is InChI=1S/C16H24O2/c1-3-4-6-9-15(12-13-16(17)18-2)14-10-7-5-8-11-14/h5,7-8,10-11,15H,3-4,6,9,12-13H2,1-2H3. The van der Waals surface area contributed by atoms with E-state index in [4.69, 9.17) is 4.74 Å². The van der Waals surface area contributed by atoms with Crippen molar-refractivity contribution in [3.63, 3.8) is 0 Å². The fourth-order valence-electron chi connectivity index (χ4n) is 2.24. The van der Waals surface area contributed by atoms with Crippen molar-refractivity contribution in [1.29, 1.82) is 0 Å². The van der Waals surface area contributed by atoms with Gasteiger partial charge in [-0.2, -0.15) is 0 Å². The smallest absolute Gasteiger partial charge is 0.305 e. The summed E-state index contributed by atoms with van der Waals surface area (Å²) in [4.78, 5) is 11.3. The zero-order valence-electron chi connectivity index (χ0n) is 11.5. The van der Waals surface area contributed by atoms with Gasteiger partial charge in [-0.05, 0) is 24.3 Å². The van der Waals surface area contributed by atoms with E-state index in [1.807, 2.05) is 6.07 Å². The first-order chi connectivity index (χ1) is 8.77. The molecule has 1 aromatic rings. The summed E-state index contributed by atoms with van der Waals surface area (Å²) in [5, 5.41) is 0. The fraction of sp³-hybridized carbons (Fsp3) is 0.562. The molecule has 1 aromatic carbocycles. The van der Waals surface area contributed by atoms with Gasteiger partial charge in [-0.3, -0.25) is 4.79 Å². The summed E-state index contributed by atoms with van der Waals surface area (Å²) >= 11 is 0. The molecular weight excluding hydrogens is 224 g/mol. The van der Waals surface area contributed by atoms with Crippen LogP contribution in [0.15, 0.2) is 30.3 Å². The van der Waals surface area contributed by atoms with E-state index in [1.54, 1.807) is 0 Å². The minimum absolute atomic E-state index is 0.105. The Balaban J connectivity index is 2.54. The maximum atomic E-state index is 11.3. The lowest BCUT2D eigenvalue weighted by atomic mass is 9.89. The van der Waals surface area contributed by atoms with Gasteiger partial charge in [0, 0.05) is 6.42 Å². The number of carbonyl (C=O) groups is 1. The molecule has 2 nitrogen and oxygen atoms in total. The molecule has 0 fully saturated rings. The molecule has 0 bridgehead atoms. The summed E-state index contributed by atoms with van der Waals surface area (Å²) in [6, 6.07) is 10.5. The Bertz CT molecular complexity index is 332. The Kier molecular flexibility index (Phi) is 7.16. The highest BCUT2D eigenvalue weighted by Gasteiger charge is 2.13. The third kappa shape index (κ3) is 5.35. The molecule has 0 spiro atoms. The van der Waals surface area contributed by atoms with Crippen LogP contribution in [-0.2, 0) is 9.53 Å². The highest BCUT2D eigenvalue weighted by Crippen LogP contribution is 2.27. The van der Waals surface area contributed by atoms with Crippen LogP contribution in [-0.4, -0.2) is 13.1 Å². The molecule has 0 aromatic heterocycles. The number of ether oxygens (including phenoxy) is 1. The molecule has 0 radical (unpaired) electrons. The van der Waals surface area contributed by atoms with Crippen LogP contribution in [0.3, 0.4) is 0 Å². The SMILES string of the molecule is CCCCCC(CCC(=O)OC)c1ccccc1. The summed E-state index contributed by atoms with van der Waals surface area (Å²) < 4.78 is 4.72. The third-order valence-corrected chi connectivity index (χ3v) is 3.35. The lowest BCUT2D eigenvalue weighted by molar-refractivity contribution is -0.140. The maximum absolute atomic E-state index is 11.3. The van der Waals surface area contributed by atoms with Gasteiger partial charge < -0.3 is 4.74 Å². The second-order valence-corrected chi connectivity index (χ2v) is 4.72. The molecular formula is C16H24O2. The van der Waals surface area contributed by atoms with E-state index in [2.05, 4.69) is 31.2 Å². The summed E-state index contributed by atoms with van der Waals surface area (Å²) in [5.41, 5.74) is 1.34. The second-order valence-electron chi connectivity index (χ2n) is 4.72. The van der Waals surface area contributed by atoms with Gasteiger partial charge in [-0.15, -0.1) is 0 Å². The van der Waals surface area contributed by atoms with Crippen LogP contribution >= 0.6 is 0 Å². The van der Waals surface area contributed by atoms with Gasteiger partial charge in [0.05, 0.1) is 7.11 Å². The lowest BCUT2D eigenvalue weighted by Crippen LogP contribution is -2.05. The molecule has 0 aliphatic carbocycles. The number of methoxy groups -OCH3 is 1. The monoisotopic (exact) mass is 248 g/mol. The van der Waals surface area contributed by atoms with Crippen molar-refractivity contribution in [2.75, 3.05) is 7.11 Å². The van der Waals surface area contributed by atoms with Crippen LogP contribution in [0.25, 0.3) is 0 Å². The van der Waals surface area contributed by atoms with E-state index in [0.717, 1.165) is 12.8 Å². The molecule has 0 saturated heterocycles. The van der Waals surface area contributed by atoms with E-state index in [-0.39, 0.29) is 5.97 Å². The minimum atomic E-state index is -0.105. The van der Waals surface area contributed by atoms with Crippen molar-refractivity contribution in [2.45, 2.75) is 51.4 Å². The molecule has 0 saturated carbocycles. The number of benzene rings is 1. The number of unbranched alkanes of at least 4 members (excludes halogenated alkanes) is 2. The van der Waals surface area contributed by atoms with E-state index in [1.165, 1.54) is 31.9 Å². The molecule has 1 rings (SSSR count). The maximum Gasteiger partial charge on any atom is 0.305 e. The Morgan fingerprint density at radius 2 is 1.89 bits per heavy atom. The van der Waals surface area contributed by atoms with E-state index < -0.39 is 0 Å². The molecule has 2 heteroatoms. The highest BCUT2D eigenvalue weighted by atomic mass is 16.5. The van der Waals surface area contributed by atoms with Gasteiger partial charge in [-0.25, -0.2) is 0 Å². The van der Waals surface area contributed by atoms with Gasteiger partial charge in [0.2, 0.25) is 0 Å². The number of hydrogen-bond donors (Lipinski definition) is 0. The normalized spacial score (nSPS) is 12.1. The van der Waals surface area contributed by atoms with E-state index in [9.17, 15) is 4.79 Å². The zero-order valence-corrected chi connectivity index (χ0v) is 11.5. The van der Waals surface area contributed by atoms with Crippen LogP contribution in [0.4, 0.5) is 0 Å². The molecule has 0 aliphatic rings. The zero-order chi connectivity index (χ0) is 13.2. The Morgan fingerprint density at radius 3 is 2.50 bits per heavy atom. The average molecular weight is 248 g/mol. The topological polar surface area (TPSA) is 26.3 Å². The number of hydrogen-bond acceptors (Lipinski definition) is 2. The lowest BCUT2D eigenvalue weighted by Gasteiger charge is -2.16. The predicted octanol–water partition coefficient (Wildman–Crippen LogP) is 4.30. The Morgan fingerprint density at radius 1 is 1.17 bits per heavy atom. The van der Waals surface area contributed by atoms with Crippen LogP contribution in [0, 0.1) is 0 Å². The van der Waals surface area contributed by atoms with Crippen molar-refractivity contribution in [3.05, 3.63) is 35.9 Å². The molecule has 0 aliphatic heterocycles.